The molecule has 5 nitrogen and oxygen atoms in total. The molecule has 4 aromatic heterocycles. The number of hydrogen-bond donors (Lipinski definition) is 0. The number of alkyl halides is 7. The van der Waals surface area contributed by atoms with Gasteiger partial charge in [0.15, 0.2) is 0 Å². The van der Waals surface area contributed by atoms with Crippen LogP contribution in [0.5, 0.6) is 0 Å². The minimum atomic E-state index is -6.46. The Morgan fingerprint density at radius 3 is 2.17 bits per heavy atom. The van der Waals surface area contributed by atoms with Gasteiger partial charge in [0, 0.05) is 37.2 Å². The van der Waals surface area contributed by atoms with Crippen LogP contribution >= 0.6 is 11.3 Å². The minimum Gasteiger partial charge on any atom is -0.415 e. The van der Waals surface area contributed by atoms with Crippen LogP contribution in [0.2, 0.25) is 0 Å². The van der Waals surface area contributed by atoms with E-state index in [0.717, 1.165) is 11.3 Å². The summed E-state index contributed by atoms with van der Waals surface area (Å²) in [6.07, 6.45) is -3.35. The van der Waals surface area contributed by atoms with E-state index in [0.29, 0.717) is 0 Å². The molecule has 0 amide bonds. The first kappa shape index (κ1) is 32.3. The first-order chi connectivity index (χ1) is 18.6. The quantitative estimate of drug-likeness (QED) is 0.138. The molecule has 0 fully saturated rings. The third-order valence-electron chi connectivity index (χ3n) is 5.69. The number of pyridine rings is 2. The van der Waals surface area contributed by atoms with Gasteiger partial charge in [-0.25, -0.2) is 0 Å². The fraction of sp³-hybridized carbons (Fsp3) is 0.259. The van der Waals surface area contributed by atoms with Gasteiger partial charge in [-0.2, -0.15) is 30.7 Å². The van der Waals surface area contributed by atoms with Crippen molar-refractivity contribution in [3.05, 3.63) is 83.8 Å². The number of hydrogen-bond acceptors (Lipinski definition) is 5. The van der Waals surface area contributed by atoms with Crippen molar-refractivity contribution in [3.8, 4) is 22.8 Å². The van der Waals surface area contributed by atoms with Gasteiger partial charge in [-0.3, -0.25) is 10.1 Å². The standard InChI is InChI=1S/C17H16NS.C10H4F7N4.Ir/c1-17(2,3)13-6-4-12(5-7-13)16-14-9-11-19-15(14)8-10-18-16;11-8(12,9(13,14)10(15,16)17)7-19-6(20-21-7)5-3-1-2-4-18-5;/h4,6-11H,1-3H3;1-4H;/q2*-1;. The third kappa shape index (κ3) is 6.65. The van der Waals surface area contributed by atoms with Gasteiger partial charge in [-0.05, 0) is 45.9 Å². The maximum atomic E-state index is 13.3. The van der Waals surface area contributed by atoms with E-state index in [2.05, 4.69) is 87.7 Å². The average Bonchev–Trinajstić information content (AvgIpc) is 3.59. The molecule has 0 spiro atoms. The Labute approximate surface area is 247 Å². The Balaban J connectivity index is 0.000000221. The van der Waals surface area contributed by atoms with Crippen molar-refractivity contribution < 1.29 is 50.8 Å². The van der Waals surface area contributed by atoms with Crippen molar-refractivity contribution in [1.82, 2.24) is 25.1 Å². The van der Waals surface area contributed by atoms with Crippen molar-refractivity contribution in [2.45, 2.75) is 44.2 Å². The van der Waals surface area contributed by atoms with Crippen LogP contribution < -0.4 is 5.10 Å². The summed E-state index contributed by atoms with van der Waals surface area (Å²) >= 11 is 1.75. The van der Waals surface area contributed by atoms with Gasteiger partial charge >= 0.3 is 18.0 Å². The Morgan fingerprint density at radius 1 is 0.854 bits per heavy atom. The molecule has 0 saturated heterocycles. The van der Waals surface area contributed by atoms with Crippen molar-refractivity contribution in [3.63, 3.8) is 0 Å². The summed E-state index contributed by atoms with van der Waals surface area (Å²) in [6.45, 7) is 6.65. The predicted molar refractivity (Wildman–Crippen MR) is 136 cm³/mol. The Bertz CT molecular complexity index is 1580. The molecule has 0 N–H and O–H groups in total. The Kier molecular flexibility index (Phi) is 9.41. The largest absolute Gasteiger partial charge is 0.460 e. The van der Waals surface area contributed by atoms with E-state index in [1.54, 1.807) is 11.3 Å². The van der Waals surface area contributed by atoms with E-state index < -0.39 is 29.7 Å². The smallest absolute Gasteiger partial charge is 0.415 e. The molecule has 0 aliphatic rings. The molecule has 14 heteroatoms. The van der Waals surface area contributed by atoms with Crippen molar-refractivity contribution >= 4 is 21.4 Å². The van der Waals surface area contributed by atoms with E-state index in [9.17, 15) is 30.7 Å². The summed E-state index contributed by atoms with van der Waals surface area (Å²) in [5, 5.41) is 8.98. The molecule has 0 unspecified atom stereocenters. The molecule has 1 radical (unpaired) electrons. The zero-order chi connectivity index (χ0) is 29.3. The number of thiophene rings is 1. The fourth-order valence-corrected chi connectivity index (χ4v) is 4.22. The van der Waals surface area contributed by atoms with E-state index in [1.165, 1.54) is 40.0 Å². The third-order valence-corrected chi connectivity index (χ3v) is 6.57. The molecule has 5 rings (SSSR count). The average molecular weight is 772 g/mol. The molecule has 0 atom stereocenters. The number of benzene rings is 1. The molecule has 5 aromatic rings. The second kappa shape index (κ2) is 11.9. The zero-order valence-electron chi connectivity index (χ0n) is 21.5. The summed E-state index contributed by atoms with van der Waals surface area (Å²) in [7, 11) is 0. The molecule has 41 heavy (non-hydrogen) atoms. The van der Waals surface area contributed by atoms with E-state index >= 15 is 0 Å². The van der Waals surface area contributed by atoms with E-state index in [4.69, 9.17) is 0 Å². The molecule has 0 aliphatic heterocycles. The normalized spacial score (nSPS) is 12.4. The van der Waals surface area contributed by atoms with Gasteiger partial charge in [-0.1, -0.05) is 32.9 Å². The Hall–Kier alpha value is -3.22. The fourth-order valence-electron chi connectivity index (χ4n) is 3.44. The van der Waals surface area contributed by atoms with E-state index in [-0.39, 0.29) is 31.2 Å². The molecular weight excluding hydrogens is 752 g/mol. The number of rotatable bonds is 4. The second-order valence-electron chi connectivity index (χ2n) is 9.55. The maximum Gasteiger partial charge on any atom is 0.460 e. The number of halogens is 7. The number of nitrogens with zero attached hydrogens (tertiary/aromatic N) is 5. The van der Waals surface area contributed by atoms with Crippen LogP contribution in [0.25, 0.3) is 32.9 Å². The van der Waals surface area contributed by atoms with Crippen LogP contribution in [-0.2, 0) is 31.4 Å². The molecule has 1 aromatic carbocycles. The number of fused-ring (bicyclic) bond motifs is 1. The van der Waals surface area contributed by atoms with Gasteiger partial charge in [0.1, 0.15) is 5.82 Å². The summed E-state index contributed by atoms with van der Waals surface area (Å²) in [4.78, 5) is 11.1. The number of aromatic nitrogens is 5. The molecule has 0 bridgehead atoms. The monoisotopic (exact) mass is 772 g/mol. The molecule has 0 saturated carbocycles. The first-order valence-electron chi connectivity index (χ1n) is 11.6. The van der Waals surface area contributed by atoms with Crippen LogP contribution in [0.15, 0.2) is 66.3 Å². The van der Waals surface area contributed by atoms with Gasteiger partial charge in [0.25, 0.3) is 0 Å². The van der Waals surface area contributed by atoms with Crippen LogP contribution in [0.4, 0.5) is 30.7 Å². The SMILES string of the molecule is CC(C)(C)c1c[c-]c(-c2nccc3sccc23)cc1.FC(F)(F)C(F)(F)C(F)(F)c1n[n-]c(-c2ccccn2)n1.[Ir]. The van der Waals surface area contributed by atoms with Crippen LogP contribution in [0, 0.1) is 6.07 Å². The van der Waals surface area contributed by atoms with Crippen molar-refractivity contribution in [2.75, 3.05) is 0 Å². The van der Waals surface area contributed by atoms with Gasteiger partial charge in [-0.15, -0.1) is 46.7 Å². The topological polar surface area (TPSA) is 65.7 Å². The van der Waals surface area contributed by atoms with Crippen LogP contribution in [0.1, 0.15) is 32.2 Å². The van der Waals surface area contributed by atoms with Crippen LogP contribution in [-0.4, -0.2) is 32.1 Å². The van der Waals surface area contributed by atoms with Gasteiger partial charge < -0.3 is 15.1 Å². The van der Waals surface area contributed by atoms with E-state index in [1.807, 2.05) is 6.20 Å². The molecular formula is C27H20F7IrN5S-2. The second-order valence-corrected chi connectivity index (χ2v) is 10.5. The first-order valence-corrected chi connectivity index (χ1v) is 12.5. The maximum absolute atomic E-state index is 13.3. The van der Waals surface area contributed by atoms with Gasteiger partial charge in [0.2, 0.25) is 0 Å². The van der Waals surface area contributed by atoms with Crippen LogP contribution in [0.3, 0.4) is 0 Å². The van der Waals surface area contributed by atoms with Gasteiger partial charge in [0.05, 0.1) is 5.69 Å². The summed E-state index contributed by atoms with van der Waals surface area (Å²) in [6, 6.07) is 18.1. The molecule has 4 heterocycles. The predicted octanol–water partition coefficient (Wildman–Crippen LogP) is 7.84. The Morgan fingerprint density at radius 2 is 1.59 bits per heavy atom. The summed E-state index contributed by atoms with van der Waals surface area (Å²) in [5.41, 5.74) is 3.46. The summed E-state index contributed by atoms with van der Waals surface area (Å²) < 4.78 is 89.6. The minimum absolute atomic E-state index is 0. The molecule has 219 valence electrons. The summed E-state index contributed by atoms with van der Waals surface area (Å²) in [5.74, 6) is -14.6. The van der Waals surface area contributed by atoms with Crippen molar-refractivity contribution in [1.29, 1.82) is 0 Å². The van der Waals surface area contributed by atoms with Crippen molar-refractivity contribution in [2.24, 2.45) is 0 Å². The zero-order valence-corrected chi connectivity index (χ0v) is 24.7. The molecule has 0 aliphatic carbocycles.